The van der Waals surface area contributed by atoms with Crippen molar-refractivity contribution in [1.29, 1.82) is 0 Å². The lowest BCUT2D eigenvalue weighted by Gasteiger charge is -2.07. The highest BCUT2D eigenvalue weighted by Gasteiger charge is 2.13. The molecular weight excluding hydrogens is 338 g/mol. The molecule has 0 unspecified atom stereocenters. The van der Waals surface area contributed by atoms with Crippen LogP contribution in [-0.4, -0.2) is 29.5 Å². The van der Waals surface area contributed by atoms with Crippen molar-refractivity contribution in [3.63, 3.8) is 0 Å². The number of amides is 2. The van der Waals surface area contributed by atoms with Gasteiger partial charge < -0.3 is 15.2 Å². The first kappa shape index (κ1) is 17.0. The van der Waals surface area contributed by atoms with E-state index in [1.165, 1.54) is 0 Å². The Bertz CT molecular complexity index is 916. The summed E-state index contributed by atoms with van der Waals surface area (Å²) in [6.07, 6.45) is 1.81. The first-order chi connectivity index (χ1) is 12.1. The highest BCUT2D eigenvalue weighted by molar-refractivity contribution is 6.30. The zero-order valence-corrected chi connectivity index (χ0v) is 14.5. The summed E-state index contributed by atoms with van der Waals surface area (Å²) in [4.78, 5) is 24.4. The number of fused-ring (bicyclic) bond motifs is 1. The fourth-order valence-electron chi connectivity index (χ4n) is 2.67. The lowest BCUT2D eigenvalue weighted by molar-refractivity contribution is 0.0928. The van der Waals surface area contributed by atoms with Gasteiger partial charge in [-0.1, -0.05) is 29.8 Å². The summed E-state index contributed by atoms with van der Waals surface area (Å²) >= 11 is 5.80. The van der Waals surface area contributed by atoms with Gasteiger partial charge in [0.05, 0.1) is 5.56 Å². The molecule has 3 aromatic rings. The molecule has 0 fully saturated rings. The van der Waals surface area contributed by atoms with Gasteiger partial charge in [0, 0.05) is 47.8 Å². The van der Waals surface area contributed by atoms with Gasteiger partial charge in [0.15, 0.2) is 0 Å². The van der Waals surface area contributed by atoms with Crippen molar-refractivity contribution in [1.82, 2.24) is 15.2 Å². The number of para-hydroxylation sites is 1. The highest BCUT2D eigenvalue weighted by atomic mass is 35.5. The topological polar surface area (TPSA) is 63.1 Å². The molecule has 1 heterocycles. The molecule has 1 aromatic heterocycles. The lowest BCUT2D eigenvalue weighted by atomic mass is 10.1. The number of nitrogens with zero attached hydrogens (tertiary/aromatic N) is 1. The first-order valence-electron chi connectivity index (χ1n) is 7.92. The molecule has 0 aliphatic rings. The van der Waals surface area contributed by atoms with E-state index in [2.05, 4.69) is 10.6 Å². The molecule has 2 aromatic carbocycles. The van der Waals surface area contributed by atoms with Crippen molar-refractivity contribution in [3.8, 4) is 0 Å². The largest absolute Gasteiger partial charge is 0.350 e. The van der Waals surface area contributed by atoms with E-state index in [-0.39, 0.29) is 11.8 Å². The van der Waals surface area contributed by atoms with Crippen LogP contribution in [0.15, 0.2) is 54.7 Å². The summed E-state index contributed by atoms with van der Waals surface area (Å²) in [5.41, 5.74) is 2.16. The van der Waals surface area contributed by atoms with E-state index < -0.39 is 0 Å². The standard InChI is InChI=1S/C19H18ClN3O2/c1-23-12-16(15-4-2-3-5-17(15)23)19(25)22-11-10-21-18(24)13-6-8-14(20)9-7-13/h2-9,12H,10-11H2,1H3,(H,21,24)(H,22,25). The van der Waals surface area contributed by atoms with E-state index in [1.807, 2.05) is 42.1 Å². The van der Waals surface area contributed by atoms with E-state index in [4.69, 9.17) is 11.6 Å². The molecule has 0 atom stereocenters. The fourth-order valence-corrected chi connectivity index (χ4v) is 2.80. The molecular formula is C19H18ClN3O2. The number of rotatable bonds is 5. The minimum absolute atomic E-state index is 0.155. The molecule has 2 amide bonds. The predicted molar refractivity (Wildman–Crippen MR) is 99.0 cm³/mol. The second-order valence-corrected chi connectivity index (χ2v) is 6.13. The maximum absolute atomic E-state index is 12.4. The van der Waals surface area contributed by atoms with Gasteiger partial charge in [-0.15, -0.1) is 0 Å². The predicted octanol–water partition coefficient (Wildman–Crippen LogP) is 2.99. The van der Waals surface area contributed by atoms with Gasteiger partial charge in [-0.2, -0.15) is 0 Å². The van der Waals surface area contributed by atoms with E-state index in [1.54, 1.807) is 24.3 Å². The van der Waals surface area contributed by atoms with Gasteiger partial charge in [0.1, 0.15) is 0 Å². The van der Waals surface area contributed by atoms with E-state index >= 15 is 0 Å². The van der Waals surface area contributed by atoms with Crippen molar-refractivity contribution in [2.45, 2.75) is 0 Å². The molecule has 25 heavy (non-hydrogen) atoms. The normalized spacial score (nSPS) is 10.6. The van der Waals surface area contributed by atoms with Crippen LogP contribution in [0, 0.1) is 0 Å². The monoisotopic (exact) mass is 355 g/mol. The Morgan fingerprint density at radius 3 is 2.32 bits per heavy atom. The number of nitrogens with one attached hydrogen (secondary N) is 2. The quantitative estimate of drug-likeness (QED) is 0.691. The molecule has 0 saturated carbocycles. The summed E-state index contributed by atoms with van der Waals surface area (Å²) in [6.45, 7) is 0.694. The molecule has 5 nitrogen and oxygen atoms in total. The Morgan fingerprint density at radius 2 is 1.60 bits per heavy atom. The molecule has 0 saturated heterocycles. The van der Waals surface area contributed by atoms with Gasteiger partial charge >= 0.3 is 0 Å². The molecule has 6 heteroatoms. The Hall–Kier alpha value is -2.79. The van der Waals surface area contributed by atoms with Crippen molar-refractivity contribution < 1.29 is 9.59 Å². The smallest absolute Gasteiger partial charge is 0.253 e. The number of hydrogen-bond donors (Lipinski definition) is 2. The third kappa shape index (κ3) is 3.83. The average molecular weight is 356 g/mol. The summed E-state index contributed by atoms with van der Waals surface area (Å²) in [5, 5.41) is 7.09. The van der Waals surface area contributed by atoms with Crippen LogP contribution in [0.2, 0.25) is 5.02 Å². The molecule has 0 aliphatic heterocycles. The number of carbonyl (C=O) groups excluding carboxylic acids is 2. The summed E-state index contributed by atoms with van der Waals surface area (Å²) < 4.78 is 1.92. The van der Waals surface area contributed by atoms with Crippen LogP contribution in [-0.2, 0) is 7.05 Å². The van der Waals surface area contributed by atoms with Gasteiger partial charge in [-0.05, 0) is 30.3 Å². The summed E-state index contributed by atoms with van der Waals surface area (Å²) in [6, 6.07) is 14.4. The molecule has 0 aliphatic carbocycles. The summed E-state index contributed by atoms with van der Waals surface area (Å²) in [5.74, 6) is -0.353. The highest BCUT2D eigenvalue weighted by Crippen LogP contribution is 2.19. The first-order valence-corrected chi connectivity index (χ1v) is 8.30. The third-order valence-corrected chi connectivity index (χ3v) is 4.20. The Balaban J connectivity index is 1.54. The average Bonchev–Trinajstić information content (AvgIpc) is 2.96. The zero-order chi connectivity index (χ0) is 17.8. The van der Waals surface area contributed by atoms with Crippen molar-refractivity contribution in [2.24, 2.45) is 7.05 Å². The number of carbonyl (C=O) groups is 2. The van der Waals surface area contributed by atoms with E-state index in [0.29, 0.717) is 29.2 Å². The molecule has 0 radical (unpaired) electrons. The third-order valence-electron chi connectivity index (χ3n) is 3.94. The van der Waals surface area contributed by atoms with E-state index in [0.717, 1.165) is 10.9 Å². The van der Waals surface area contributed by atoms with Crippen LogP contribution in [0.3, 0.4) is 0 Å². The summed E-state index contributed by atoms with van der Waals surface area (Å²) in [7, 11) is 1.91. The molecule has 0 bridgehead atoms. The van der Waals surface area contributed by atoms with Crippen LogP contribution in [0.1, 0.15) is 20.7 Å². The molecule has 128 valence electrons. The van der Waals surface area contributed by atoms with Crippen molar-refractivity contribution in [2.75, 3.05) is 13.1 Å². The minimum Gasteiger partial charge on any atom is -0.350 e. The second-order valence-electron chi connectivity index (χ2n) is 5.69. The van der Waals surface area contributed by atoms with Gasteiger partial charge in [-0.3, -0.25) is 9.59 Å². The Labute approximate surface area is 150 Å². The zero-order valence-electron chi connectivity index (χ0n) is 13.8. The van der Waals surface area contributed by atoms with Crippen LogP contribution >= 0.6 is 11.6 Å². The number of aromatic nitrogens is 1. The van der Waals surface area contributed by atoms with Crippen LogP contribution in [0.25, 0.3) is 10.9 Å². The minimum atomic E-state index is -0.198. The number of aryl methyl sites for hydroxylation is 1. The second kappa shape index (κ2) is 7.40. The van der Waals surface area contributed by atoms with Crippen LogP contribution in [0.4, 0.5) is 0 Å². The molecule has 0 spiro atoms. The molecule has 3 rings (SSSR count). The van der Waals surface area contributed by atoms with Gasteiger partial charge in [0.25, 0.3) is 11.8 Å². The maximum atomic E-state index is 12.4. The van der Waals surface area contributed by atoms with Gasteiger partial charge in [0.2, 0.25) is 0 Å². The van der Waals surface area contributed by atoms with Gasteiger partial charge in [-0.25, -0.2) is 0 Å². The lowest BCUT2D eigenvalue weighted by Crippen LogP contribution is -2.34. The molecule has 2 N–H and O–H groups in total. The van der Waals surface area contributed by atoms with Crippen LogP contribution < -0.4 is 10.6 Å². The van der Waals surface area contributed by atoms with Crippen molar-refractivity contribution >= 4 is 34.3 Å². The SMILES string of the molecule is Cn1cc(C(=O)NCCNC(=O)c2ccc(Cl)cc2)c2ccccc21. The number of hydrogen-bond acceptors (Lipinski definition) is 2. The van der Waals surface area contributed by atoms with Crippen LogP contribution in [0.5, 0.6) is 0 Å². The Morgan fingerprint density at radius 1 is 0.960 bits per heavy atom. The fraction of sp³-hybridized carbons (Fsp3) is 0.158. The maximum Gasteiger partial charge on any atom is 0.253 e. The number of benzene rings is 2. The number of halogens is 1. The van der Waals surface area contributed by atoms with Crippen molar-refractivity contribution in [3.05, 3.63) is 70.9 Å². The van der Waals surface area contributed by atoms with E-state index in [9.17, 15) is 9.59 Å². The Kier molecular flexibility index (Phi) is 5.05.